The number of phenols is 1. The Morgan fingerprint density at radius 3 is 2.47 bits per heavy atom. The van der Waals surface area contributed by atoms with Crippen LogP contribution < -0.4 is 5.32 Å². The van der Waals surface area contributed by atoms with Gasteiger partial charge in [-0.1, -0.05) is 35.9 Å². The molecule has 1 aliphatic rings. The number of hydrazone groups is 1. The lowest BCUT2D eigenvalue weighted by Gasteiger charge is -2.21. The second-order valence-electron chi connectivity index (χ2n) is 7.98. The number of hydrogen-bond acceptors (Lipinski definition) is 5. The molecule has 4 rings (SSSR count). The van der Waals surface area contributed by atoms with E-state index >= 15 is 0 Å². The molecule has 0 aromatic heterocycles. The van der Waals surface area contributed by atoms with E-state index in [-0.39, 0.29) is 23.5 Å². The maximum Gasteiger partial charge on any atom is 0.255 e. The number of anilines is 1. The van der Waals surface area contributed by atoms with Gasteiger partial charge in [0.25, 0.3) is 5.91 Å². The Morgan fingerprint density at radius 1 is 1.12 bits per heavy atom. The SMILES string of the molecule is C=CCc1cccc(C2OC(c3ccc(NC(=O)c4ccc(C)cc4)cc3)=NN2C(C)=O)c1O. The van der Waals surface area contributed by atoms with E-state index in [0.717, 1.165) is 5.56 Å². The smallest absolute Gasteiger partial charge is 0.255 e. The normalized spacial score (nSPS) is 14.8. The molecule has 1 atom stereocenters. The maximum absolute atomic E-state index is 12.5. The van der Waals surface area contributed by atoms with Crippen LogP contribution in [-0.4, -0.2) is 27.8 Å². The highest BCUT2D eigenvalue weighted by atomic mass is 16.5. The van der Waals surface area contributed by atoms with Crippen molar-refractivity contribution in [2.45, 2.75) is 26.5 Å². The third kappa shape index (κ3) is 4.68. The molecule has 2 N–H and O–H groups in total. The predicted molar refractivity (Wildman–Crippen MR) is 130 cm³/mol. The summed E-state index contributed by atoms with van der Waals surface area (Å²) in [6.45, 7) is 7.06. The molecule has 1 unspecified atom stereocenters. The van der Waals surface area contributed by atoms with Gasteiger partial charge in [-0.2, -0.15) is 5.01 Å². The van der Waals surface area contributed by atoms with Crippen LogP contribution in [-0.2, 0) is 16.0 Å². The number of aryl methyl sites for hydroxylation is 1. The van der Waals surface area contributed by atoms with Crippen molar-refractivity contribution in [3.8, 4) is 5.75 Å². The highest BCUT2D eigenvalue weighted by molar-refractivity contribution is 6.04. The van der Waals surface area contributed by atoms with Gasteiger partial charge < -0.3 is 15.2 Å². The number of para-hydroxylation sites is 1. The summed E-state index contributed by atoms with van der Waals surface area (Å²) in [4.78, 5) is 24.7. The van der Waals surface area contributed by atoms with E-state index in [1.54, 1.807) is 60.7 Å². The average molecular weight is 456 g/mol. The van der Waals surface area contributed by atoms with Crippen molar-refractivity contribution in [3.63, 3.8) is 0 Å². The minimum atomic E-state index is -0.891. The number of nitrogens with zero attached hydrogens (tertiary/aromatic N) is 2. The van der Waals surface area contributed by atoms with Gasteiger partial charge in [0.2, 0.25) is 18.0 Å². The fraction of sp³-hybridized carbons (Fsp3) is 0.148. The van der Waals surface area contributed by atoms with Crippen molar-refractivity contribution in [2.75, 3.05) is 5.32 Å². The molecule has 7 nitrogen and oxygen atoms in total. The van der Waals surface area contributed by atoms with Crippen LogP contribution in [0.2, 0.25) is 0 Å². The molecular weight excluding hydrogens is 430 g/mol. The van der Waals surface area contributed by atoms with Crippen molar-refractivity contribution >= 4 is 23.4 Å². The molecular formula is C27H25N3O4. The molecule has 34 heavy (non-hydrogen) atoms. The highest BCUT2D eigenvalue weighted by Gasteiger charge is 2.35. The van der Waals surface area contributed by atoms with E-state index in [0.29, 0.717) is 34.4 Å². The zero-order chi connectivity index (χ0) is 24.2. The molecule has 3 aromatic rings. The number of phenolic OH excluding ortho intramolecular Hbond substituents is 1. The first-order valence-electron chi connectivity index (χ1n) is 10.8. The number of aromatic hydroxyl groups is 1. The first kappa shape index (κ1) is 22.8. The van der Waals surface area contributed by atoms with Gasteiger partial charge in [0.1, 0.15) is 5.75 Å². The summed E-state index contributed by atoms with van der Waals surface area (Å²) in [6, 6.07) is 19.6. The topological polar surface area (TPSA) is 91.2 Å². The Kier molecular flexibility index (Phi) is 6.45. The Labute approximate surface area is 198 Å². The number of allylic oxidation sites excluding steroid dienone is 1. The van der Waals surface area contributed by atoms with Gasteiger partial charge in [-0.25, -0.2) is 0 Å². The van der Waals surface area contributed by atoms with Crippen molar-refractivity contribution < 1.29 is 19.4 Å². The molecule has 0 aliphatic carbocycles. The Hall–Kier alpha value is -4.39. The van der Waals surface area contributed by atoms with Gasteiger partial charge in [0.05, 0.1) is 5.56 Å². The van der Waals surface area contributed by atoms with E-state index in [9.17, 15) is 14.7 Å². The molecule has 172 valence electrons. The van der Waals surface area contributed by atoms with E-state index in [1.165, 1.54) is 11.9 Å². The number of amides is 2. The fourth-order valence-electron chi connectivity index (χ4n) is 3.62. The van der Waals surface area contributed by atoms with Gasteiger partial charge in [-0.05, 0) is 61.4 Å². The predicted octanol–water partition coefficient (Wildman–Crippen LogP) is 4.92. The van der Waals surface area contributed by atoms with Crippen molar-refractivity contribution in [1.82, 2.24) is 5.01 Å². The maximum atomic E-state index is 12.5. The lowest BCUT2D eigenvalue weighted by Crippen LogP contribution is -2.25. The summed E-state index contributed by atoms with van der Waals surface area (Å²) in [7, 11) is 0. The molecule has 0 bridgehead atoms. The van der Waals surface area contributed by atoms with E-state index in [2.05, 4.69) is 17.0 Å². The summed E-state index contributed by atoms with van der Waals surface area (Å²) in [5.74, 6) is -0.246. The van der Waals surface area contributed by atoms with E-state index < -0.39 is 6.23 Å². The van der Waals surface area contributed by atoms with Crippen LogP contribution >= 0.6 is 0 Å². The summed E-state index contributed by atoms with van der Waals surface area (Å²) in [5.41, 5.74) is 4.01. The van der Waals surface area contributed by atoms with Crippen LogP contribution in [0.4, 0.5) is 5.69 Å². The number of benzene rings is 3. The molecule has 0 fully saturated rings. The molecule has 0 saturated heterocycles. The van der Waals surface area contributed by atoms with Gasteiger partial charge >= 0.3 is 0 Å². The average Bonchev–Trinajstić information content (AvgIpc) is 3.27. The quantitative estimate of drug-likeness (QED) is 0.516. The molecule has 1 aliphatic heterocycles. The molecule has 7 heteroatoms. The summed E-state index contributed by atoms with van der Waals surface area (Å²) in [6.07, 6.45) is 1.28. The number of nitrogens with one attached hydrogen (secondary N) is 1. The Balaban J connectivity index is 1.53. The van der Waals surface area contributed by atoms with Crippen LogP contribution in [0.1, 0.15) is 45.8 Å². The van der Waals surface area contributed by atoms with Crippen LogP contribution in [0.3, 0.4) is 0 Å². The van der Waals surface area contributed by atoms with Gasteiger partial charge in [0.15, 0.2) is 0 Å². The molecule has 0 radical (unpaired) electrons. The fourth-order valence-corrected chi connectivity index (χ4v) is 3.62. The Bertz CT molecular complexity index is 1260. The van der Waals surface area contributed by atoms with Gasteiger partial charge in [-0.15, -0.1) is 11.7 Å². The number of carbonyl (C=O) groups excluding carboxylic acids is 2. The van der Waals surface area contributed by atoms with Crippen LogP contribution in [0.25, 0.3) is 0 Å². The first-order chi connectivity index (χ1) is 16.4. The monoisotopic (exact) mass is 455 g/mol. The van der Waals surface area contributed by atoms with Crippen LogP contribution in [0.5, 0.6) is 5.75 Å². The number of carbonyl (C=O) groups is 2. The largest absolute Gasteiger partial charge is 0.507 e. The number of ether oxygens (including phenoxy) is 1. The lowest BCUT2D eigenvalue weighted by atomic mass is 10.0. The minimum absolute atomic E-state index is 0.0456. The third-order valence-electron chi connectivity index (χ3n) is 5.45. The molecule has 0 saturated carbocycles. The highest BCUT2D eigenvalue weighted by Crippen LogP contribution is 2.37. The van der Waals surface area contributed by atoms with Crippen LogP contribution in [0, 0.1) is 6.92 Å². The molecule has 0 spiro atoms. The van der Waals surface area contributed by atoms with E-state index in [4.69, 9.17) is 4.74 Å². The Morgan fingerprint density at radius 2 is 1.82 bits per heavy atom. The second-order valence-corrected chi connectivity index (χ2v) is 7.98. The summed E-state index contributed by atoms with van der Waals surface area (Å²) >= 11 is 0. The summed E-state index contributed by atoms with van der Waals surface area (Å²) in [5, 5.41) is 19.1. The first-order valence-corrected chi connectivity index (χ1v) is 10.8. The molecule has 2 amide bonds. The third-order valence-corrected chi connectivity index (χ3v) is 5.45. The molecule has 1 heterocycles. The second kappa shape index (κ2) is 9.62. The zero-order valence-electron chi connectivity index (χ0n) is 19.0. The van der Waals surface area contributed by atoms with E-state index in [1.807, 2.05) is 19.1 Å². The zero-order valence-corrected chi connectivity index (χ0v) is 19.0. The number of hydrogen-bond donors (Lipinski definition) is 2. The van der Waals surface area contributed by atoms with Crippen molar-refractivity contribution in [3.05, 3.63) is 107 Å². The minimum Gasteiger partial charge on any atom is -0.507 e. The summed E-state index contributed by atoms with van der Waals surface area (Å²) < 4.78 is 6.00. The van der Waals surface area contributed by atoms with Crippen molar-refractivity contribution in [2.24, 2.45) is 5.10 Å². The molecule has 3 aromatic carbocycles. The van der Waals surface area contributed by atoms with Gasteiger partial charge in [0, 0.05) is 23.7 Å². The van der Waals surface area contributed by atoms with Crippen molar-refractivity contribution in [1.29, 1.82) is 0 Å². The lowest BCUT2D eigenvalue weighted by molar-refractivity contribution is -0.135. The number of rotatable bonds is 6. The standard InChI is InChI=1S/C27H25N3O4/c1-4-6-19-7-5-8-23(24(19)32)27-30(18(3)31)29-26(34-27)21-13-15-22(16-14-21)28-25(33)20-11-9-17(2)10-12-20/h4-5,7-16,27,32H,1,6H2,2-3H3,(H,28,33). The van der Waals surface area contributed by atoms with Gasteiger partial charge in [-0.3, -0.25) is 9.59 Å². The van der Waals surface area contributed by atoms with Crippen LogP contribution in [0.15, 0.2) is 84.5 Å².